The highest BCUT2D eigenvalue weighted by atomic mass is 16.2. The van der Waals surface area contributed by atoms with Crippen LogP contribution < -0.4 is 10.9 Å². The average molecular weight is 396 g/mol. The molecular weight excluding hydrogens is 376 g/mol. The summed E-state index contributed by atoms with van der Waals surface area (Å²) in [7, 11) is 0. The van der Waals surface area contributed by atoms with Crippen molar-refractivity contribution in [1.29, 1.82) is 0 Å². The molecule has 0 radical (unpaired) electrons. The summed E-state index contributed by atoms with van der Waals surface area (Å²) < 4.78 is 0. The highest BCUT2D eigenvalue weighted by Crippen LogP contribution is 2.23. The molecule has 0 aliphatic carbocycles. The van der Waals surface area contributed by atoms with E-state index in [1.165, 1.54) is 0 Å². The van der Waals surface area contributed by atoms with E-state index in [1.807, 2.05) is 61.5 Å². The van der Waals surface area contributed by atoms with E-state index in [1.54, 1.807) is 24.4 Å². The molecule has 0 aliphatic rings. The lowest BCUT2D eigenvalue weighted by molar-refractivity contribution is 0.0847. The first kappa shape index (κ1) is 19.3. The Hall–Kier alpha value is -4.06. The molecule has 0 saturated carbocycles. The third kappa shape index (κ3) is 4.03. The molecule has 2 amide bonds. The molecule has 30 heavy (non-hydrogen) atoms. The van der Waals surface area contributed by atoms with E-state index < -0.39 is 5.91 Å². The van der Waals surface area contributed by atoms with E-state index in [2.05, 4.69) is 20.8 Å². The molecule has 0 bridgehead atoms. The summed E-state index contributed by atoms with van der Waals surface area (Å²) in [5.74, 6) is -0.807. The molecule has 4 aromatic rings. The standard InChI is InChI=1S/C24H20N4O2/c1-2-16-10-12-17(13-11-16)23(29)27-28-24(30)19-15-22(21-9-5-6-14-25-21)26-20-8-4-3-7-18(19)20/h3-15H,2H2,1H3,(H,27,29)(H,28,30). The number of benzene rings is 2. The summed E-state index contributed by atoms with van der Waals surface area (Å²) in [5, 5.41) is 0.691. The van der Waals surface area contributed by atoms with Gasteiger partial charge >= 0.3 is 0 Å². The van der Waals surface area contributed by atoms with E-state index in [-0.39, 0.29) is 5.91 Å². The molecule has 4 rings (SSSR count). The largest absolute Gasteiger partial charge is 0.270 e. The first-order valence-electron chi connectivity index (χ1n) is 9.66. The highest BCUT2D eigenvalue weighted by Gasteiger charge is 2.15. The topological polar surface area (TPSA) is 84.0 Å². The van der Waals surface area contributed by atoms with Crippen LogP contribution in [0.15, 0.2) is 79.0 Å². The van der Waals surface area contributed by atoms with Crippen LogP contribution in [-0.4, -0.2) is 21.8 Å². The van der Waals surface area contributed by atoms with E-state index in [9.17, 15) is 9.59 Å². The number of fused-ring (bicyclic) bond motifs is 1. The molecular formula is C24H20N4O2. The van der Waals surface area contributed by atoms with E-state index in [0.29, 0.717) is 33.4 Å². The minimum absolute atomic E-state index is 0.380. The van der Waals surface area contributed by atoms with Gasteiger partial charge in [0.15, 0.2) is 0 Å². The second kappa shape index (κ2) is 8.53. The maximum atomic E-state index is 12.9. The summed E-state index contributed by atoms with van der Waals surface area (Å²) in [4.78, 5) is 34.2. The maximum absolute atomic E-state index is 12.9. The van der Waals surface area contributed by atoms with Crippen molar-refractivity contribution in [3.05, 3.63) is 95.7 Å². The van der Waals surface area contributed by atoms with Crippen molar-refractivity contribution in [3.63, 3.8) is 0 Å². The fourth-order valence-corrected chi connectivity index (χ4v) is 3.15. The predicted octanol–water partition coefficient (Wildman–Crippen LogP) is 3.93. The third-order valence-electron chi connectivity index (χ3n) is 4.80. The zero-order valence-corrected chi connectivity index (χ0v) is 16.4. The van der Waals surface area contributed by atoms with Crippen molar-refractivity contribution in [2.24, 2.45) is 0 Å². The number of aromatic nitrogens is 2. The van der Waals surface area contributed by atoms with Gasteiger partial charge in [-0.05, 0) is 48.4 Å². The second-order valence-electron chi connectivity index (χ2n) is 6.75. The fraction of sp³-hybridized carbons (Fsp3) is 0.0833. The van der Waals surface area contributed by atoms with Gasteiger partial charge in [-0.2, -0.15) is 0 Å². The minimum Gasteiger partial charge on any atom is -0.267 e. The number of aryl methyl sites for hydroxylation is 1. The average Bonchev–Trinajstić information content (AvgIpc) is 2.82. The number of rotatable bonds is 4. The molecule has 2 aromatic carbocycles. The maximum Gasteiger partial charge on any atom is 0.270 e. The van der Waals surface area contributed by atoms with Crippen molar-refractivity contribution in [2.75, 3.05) is 0 Å². The van der Waals surface area contributed by atoms with Crippen molar-refractivity contribution < 1.29 is 9.59 Å². The minimum atomic E-state index is -0.427. The van der Waals surface area contributed by atoms with Gasteiger partial charge in [0, 0.05) is 17.1 Å². The molecule has 0 saturated heterocycles. The summed E-state index contributed by atoms with van der Waals surface area (Å²) in [6, 6.07) is 21.8. The van der Waals surface area contributed by atoms with Gasteiger partial charge in [0.05, 0.1) is 22.5 Å². The molecule has 2 aromatic heterocycles. The SMILES string of the molecule is CCc1ccc(C(=O)NNC(=O)c2cc(-c3ccccn3)nc3ccccc23)cc1. The van der Waals surface area contributed by atoms with Crippen LogP contribution in [0.1, 0.15) is 33.2 Å². The van der Waals surface area contributed by atoms with E-state index >= 15 is 0 Å². The summed E-state index contributed by atoms with van der Waals surface area (Å²) in [6.45, 7) is 2.05. The fourth-order valence-electron chi connectivity index (χ4n) is 3.15. The van der Waals surface area contributed by atoms with Crippen LogP contribution in [0, 0.1) is 0 Å². The lowest BCUT2D eigenvalue weighted by atomic mass is 10.1. The first-order chi connectivity index (χ1) is 14.7. The molecule has 6 heteroatoms. The van der Waals surface area contributed by atoms with E-state index in [0.717, 1.165) is 12.0 Å². The molecule has 148 valence electrons. The Morgan fingerprint density at radius 1 is 0.833 bits per heavy atom. The van der Waals surface area contributed by atoms with E-state index in [4.69, 9.17) is 0 Å². The smallest absolute Gasteiger partial charge is 0.267 e. The molecule has 2 N–H and O–H groups in total. The Labute approximate surface area is 174 Å². The van der Waals surface area contributed by atoms with Crippen molar-refractivity contribution in [1.82, 2.24) is 20.8 Å². The number of nitrogens with zero attached hydrogens (tertiary/aromatic N) is 2. The third-order valence-corrected chi connectivity index (χ3v) is 4.80. The van der Waals surface area contributed by atoms with Crippen LogP contribution in [0.3, 0.4) is 0 Å². The zero-order chi connectivity index (χ0) is 20.9. The Kier molecular flexibility index (Phi) is 5.48. The number of carbonyl (C=O) groups is 2. The molecule has 0 fully saturated rings. The summed E-state index contributed by atoms with van der Waals surface area (Å²) in [6.07, 6.45) is 2.57. The molecule has 0 atom stereocenters. The van der Waals surface area contributed by atoms with Crippen LogP contribution in [0.25, 0.3) is 22.3 Å². The molecule has 6 nitrogen and oxygen atoms in total. The van der Waals surface area contributed by atoms with Gasteiger partial charge in [-0.15, -0.1) is 0 Å². The van der Waals surface area contributed by atoms with Gasteiger partial charge in [0.25, 0.3) is 11.8 Å². The number of hydrazine groups is 1. The van der Waals surface area contributed by atoms with Gasteiger partial charge in [-0.1, -0.05) is 43.3 Å². The zero-order valence-electron chi connectivity index (χ0n) is 16.4. The highest BCUT2D eigenvalue weighted by molar-refractivity contribution is 6.08. The van der Waals surface area contributed by atoms with Crippen LogP contribution in [-0.2, 0) is 6.42 Å². The number of pyridine rings is 2. The van der Waals surface area contributed by atoms with Crippen LogP contribution in [0.5, 0.6) is 0 Å². The van der Waals surface area contributed by atoms with Crippen molar-refractivity contribution in [3.8, 4) is 11.4 Å². The molecule has 0 aliphatic heterocycles. The van der Waals surface area contributed by atoms with Gasteiger partial charge in [0.1, 0.15) is 0 Å². The molecule has 0 unspecified atom stereocenters. The second-order valence-corrected chi connectivity index (χ2v) is 6.75. The normalized spacial score (nSPS) is 10.6. The van der Waals surface area contributed by atoms with Crippen molar-refractivity contribution >= 4 is 22.7 Å². The number of nitrogens with one attached hydrogen (secondary N) is 2. The lowest BCUT2D eigenvalue weighted by Crippen LogP contribution is -2.41. The monoisotopic (exact) mass is 396 g/mol. The Morgan fingerprint density at radius 2 is 1.57 bits per heavy atom. The summed E-state index contributed by atoms with van der Waals surface area (Å²) in [5.41, 5.74) is 8.93. The Balaban J connectivity index is 1.59. The van der Waals surface area contributed by atoms with Crippen molar-refractivity contribution in [2.45, 2.75) is 13.3 Å². The van der Waals surface area contributed by atoms with Crippen LogP contribution in [0.4, 0.5) is 0 Å². The number of para-hydroxylation sites is 1. The number of amides is 2. The predicted molar refractivity (Wildman–Crippen MR) is 116 cm³/mol. The number of hydrogen-bond acceptors (Lipinski definition) is 4. The quantitative estimate of drug-likeness (QED) is 0.512. The van der Waals surface area contributed by atoms with Gasteiger partial charge in [-0.25, -0.2) is 4.98 Å². The Morgan fingerprint density at radius 3 is 2.30 bits per heavy atom. The summed E-state index contributed by atoms with van der Waals surface area (Å²) >= 11 is 0. The van der Waals surface area contributed by atoms with Gasteiger partial charge in [0.2, 0.25) is 0 Å². The van der Waals surface area contributed by atoms with Gasteiger partial charge < -0.3 is 0 Å². The number of hydrogen-bond donors (Lipinski definition) is 2. The first-order valence-corrected chi connectivity index (χ1v) is 9.66. The van der Waals surface area contributed by atoms with Crippen LogP contribution >= 0.6 is 0 Å². The number of carbonyl (C=O) groups excluding carboxylic acids is 2. The van der Waals surface area contributed by atoms with Crippen LogP contribution in [0.2, 0.25) is 0 Å². The molecule has 0 spiro atoms. The lowest BCUT2D eigenvalue weighted by Gasteiger charge is -2.11. The van der Waals surface area contributed by atoms with Gasteiger partial charge in [-0.3, -0.25) is 25.4 Å². The Bertz CT molecular complexity index is 1210. The molecule has 2 heterocycles.